The molecule has 1 heterocycles. The predicted octanol–water partition coefficient (Wildman–Crippen LogP) is 5.36. The second-order valence-corrected chi connectivity index (χ2v) is 7.68. The number of carbonyl (C=O) groups excluding carboxylic acids is 1. The topological polar surface area (TPSA) is 41.6 Å². The van der Waals surface area contributed by atoms with Crippen LogP contribution in [0, 0.1) is 0 Å². The molecule has 5 heteroatoms. The minimum Gasteiger partial charge on any atom is -0.443 e. The molecule has 24 heavy (non-hydrogen) atoms. The molecular formula is C19H21BrN2O2. The van der Waals surface area contributed by atoms with E-state index in [0.29, 0.717) is 6.54 Å². The number of halogens is 1. The molecule has 3 rings (SSSR count). The molecule has 0 fully saturated rings. The summed E-state index contributed by atoms with van der Waals surface area (Å²) in [6.07, 6.45) is -0.325. The molecule has 126 valence electrons. The Balaban J connectivity index is 1.96. The number of carbonyl (C=O) groups is 1. The Hall–Kier alpha value is -2.01. The molecule has 0 saturated heterocycles. The first-order chi connectivity index (χ1) is 11.3. The van der Waals surface area contributed by atoms with Gasteiger partial charge in [0.15, 0.2) is 0 Å². The van der Waals surface area contributed by atoms with Gasteiger partial charge in [0.05, 0.1) is 24.0 Å². The van der Waals surface area contributed by atoms with Gasteiger partial charge in [-0.1, -0.05) is 46.3 Å². The van der Waals surface area contributed by atoms with E-state index in [1.165, 1.54) is 0 Å². The first-order valence-corrected chi connectivity index (χ1v) is 8.75. The summed E-state index contributed by atoms with van der Waals surface area (Å²) in [5.41, 5.74) is 2.35. The number of hydrogen-bond acceptors (Lipinski definition) is 3. The standard InChI is InChI=1S/C19H21BrN2O2/c1-19(2,3)24-18(23)22-12-16(13-8-4-5-9-14(13)20)21-15-10-6-7-11-17(15)22/h4-11,16,21H,12H2,1-3H3. The molecule has 1 unspecified atom stereocenters. The number of nitrogens with zero attached hydrogens (tertiary/aromatic N) is 1. The molecule has 2 aromatic rings. The number of fused-ring (bicyclic) bond motifs is 1. The minimum atomic E-state index is -0.528. The van der Waals surface area contributed by atoms with Crippen LogP contribution in [0.1, 0.15) is 32.4 Å². The fourth-order valence-corrected chi connectivity index (χ4v) is 3.33. The van der Waals surface area contributed by atoms with Gasteiger partial charge < -0.3 is 10.1 Å². The molecule has 0 radical (unpaired) electrons. The van der Waals surface area contributed by atoms with Crippen LogP contribution in [0.2, 0.25) is 0 Å². The van der Waals surface area contributed by atoms with Crippen LogP contribution in [-0.4, -0.2) is 18.2 Å². The fourth-order valence-electron chi connectivity index (χ4n) is 2.77. The van der Waals surface area contributed by atoms with E-state index in [2.05, 4.69) is 27.3 Å². The summed E-state index contributed by atoms with van der Waals surface area (Å²) in [6, 6.07) is 15.8. The first kappa shape index (κ1) is 16.8. The second-order valence-electron chi connectivity index (χ2n) is 6.83. The summed E-state index contributed by atoms with van der Waals surface area (Å²) in [5, 5.41) is 3.52. The molecule has 1 aliphatic rings. The van der Waals surface area contributed by atoms with Crippen molar-refractivity contribution in [2.24, 2.45) is 0 Å². The molecule has 2 aromatic carbocycles. The van der Waals surface area contributed by atoms with E-state index in [4.69, 9.17) is 4.74 Å². The lowest BCUT2D eigenvalue weighted by Gasteiger charge is -2.37. The highest BCUT2D eigenvalue weighted by Crippen LogP contribution is 2.38. The van der Waals surface area contributed by atoms with Gasteiger partial charge >= 0.3 is 6.09 Å². The molecule has 1 atom stereocenters. The molecule has 1 aliphatic heterocycles. The van der Waals surface area contributed by atoms with Crippen LogP contribution in [0.5, 0.6) is 0 Å². The van der Waals surface area contributed by atoms with Gasteiger partial charge in [0.1, 0.15) is 5.60 Å². The Labute approximate surface area is 150 Å². The number of anilines is 2. The zero-order chi connectivity index (χ0) is 17.3. The predicted molar refractivity (Wildman–Crippen MR) is 101 cm³/mol. The molecule has 1 N–H and O–H groups in total. The van der Waals surface area contributed by atoms with Crippen LogP contribution in [-0.2, 0) is 4.74 Å². The van der Waals surface area contributed by atoms with Crippen LogP contribution in [0.15, 0.2) is 53.0 Å². The molecule has 0 saturated carbocycles. The number of rotatable bonds is 1. The van der Waals surface area contributed by atoms with Crippen LogP contribution in [0.3, 0.4) is 0 Å². The lowest BCUT2D eigenvalue weighted by atomic mass is 10.0. The summed E-state index contributed by atoms with van der Waals surface area (Å²) in [7, 11) is 0. The quantitative estimate of drug-likeness (QED) is 0.714. The number of benzene rings is 2. The van der Waals surface area contributed by atoms with Crippen molar-refractivity contribution in [3.8, 4) is 0 Å². The van der Waals surface area contributed by atoms with Crippen LogP contribution in [0.25, 0.3) is 0 Å². The average molecular weight is 389 g/mol. The lowest BCUT2D eigenvalue weighted by Crippen LogP contribution is -2.43. The molecule has 0 aromatic heterocycles. The third-order valence-electron chi connectivity index (χ3n) is 3.78. The van der Waals surface area contributed by atoms with Crippen molar-refractivity contribution < 1.29 is 9.53 Å². The van der Waals surface area contributed by atoms with E-state index >= 15 is 0 Å². The summed E-state index contributed by atoms with van der Waals surface area (Å²) in [5.74, 6) is 0. The number of amides is 1. The third kappa shape index (κ3) is 3.56. The van der Waals surface area contributed by atoms with Crippen molar-refractivity contribution in [2.45, 2.75) is 32.4 Å². The van der Waals surface area contributed by atoms with Crippen molar-refractivity contribution in [3.63, 3.8) is 0 Å². The lowest BCUT2D eigenvalue weighted by molar-refractivity contribution is 0.0577. The second kappa shape index (κ2) is 6.48. The van der Waals surface area contributed by atoms with Gasteiger partial charge in [0.2, 0.25) is 0 Å². The van der Waals surface area contributed by atoms with Crippen LogP contribution in [0.4, 0.5) is 16.2 Å². The van der Waals surface area contributed by atoms with Crippen LogP contribution >= 0.6 is 15.9 Å². The largest absolute Gasteiger partial charge is 0.443 e. The van der Waals surface area contributed by atoms with Crippen molar-refractivity contribution in [1.29, 1.82) is 0 Å². The average Bonchev–Trinajstić information content (AvgIpc) is 2.52. The zero-order valence-corrected chi connectivity index (χ0v) is 15.6. The van der Waals surface area contributed by atoms with Crippen molar-refractivity contribution in [2.75, 3.05) is 16.8 Å². The molecule has 0 bridgehead atoms. The normalized spacial score (nSPS) is 17.0. The highest BCUT2D eigenvalue weighted by atomic mass is 79.9. The Bertz CT molecular complexity index is 755. The zero-order valence-electron chi connectivity index (χ0n) is 14.0. The van der Waals surface area contributed by atoms with Gasteiger partial charge in [-0.3, -0.25) is 4.90 Å². The molecule has 1 amide bonds. The van der Waals surface area contributed by atoms with Gasteiger partial charge in [-0.05, 0) is 44.5 Å². The molecular weight excluding hydrogens is 368 g/mol. The molecule has 0 spiro atoms. The van der Waals surface area contributed by atoms with Gasteiger partial charge in [0, 0.05) is 4.47 Å². The van der Waals surface area contributed by atoms with E-state index in [0.717, 1.165) is 21.4 Å². The highest BCUT2D eigenvalue weighted by Gasteiger charge is 2.32. The van der Waals surface area contributed by atoms with Crippen molar-refractivity contribution in [3.05, 3.63) is 58.6 Å². The first-order valence-electron chi connectivity index (χ1n) is 7.96. The van der Waals surface area contributed by atoms with Gasteiger partial charge in [-0.15, -0.1) is 0 Å². The Morgan fingerprint density at radius 1 is 1.17 bits per heavy atom. The fraction of sp³-hybridized carbons (Fsp3) is 0.316. The monoisotopic (exact) mass is 388 g/mol. The molecule has 0 aliphatic carbocycles. The van der Waals surface area contributed by atoms with Crippen LogP contribution < -0.4 is 10.2 Å². The van der Waals surface area contributed by atoms with Gasteiger partial charge in [0.25, 0.3) is 0 Å². The minimum absolute atomic E-state index is 0.0111. The maximum atomic E-state index is 12.7. The Morgan fingerprint density at radius 3 is 2.54 bits per heavy atom. The number of hydrogen-bond donors (Lipinski definition) is 1. The summed E-state index contributed by atoms with van der Waals surface area (Å²) < 4.78 is 6.62. The van der Waals surface area contributed by atoms with Crippen molar-refractivity contribution >= 4 is 33.4 Å². The van der Waals surface area contributed by atoms with E-state index in [9.17, 15) is 4.79 Å². The SMILES string of the molecule is CC(C)(C)OC(=O)N1CC(c2ccccc2Br)Nc2ccccc21. The Morgan fingerprint density at radius 2 is 1.83 bits per heavy atom. The number of para-hydroxylation sites is 2. The summed E-state index contributed by atoms with van der Waals surface area (Å²) >= 11 is 3.60. The van der Waals surface area contributed by atoms with Gasteiger partial charge in [-0.25, -0.2) is 4.79 Å². The van der Waals surface area contributed by atoms with Gasteiger partial charge in [-0.2, -0.15) is 0 Å². The van der Waals surface area contributed by atoms with E-state index < -0.39 is 5.60 Å². The number of nitrogens with one attached hydrogen (secondary N) is 1. The smallest absolute Gasteiger partial charge is 0.414 e. The van der Waals surface area contributed by atoms with E-state index in [-0.39, 0.29) is 12.1 Å². The maximum Gasteiger partial charge on any atom is 0.414 e. The molecule has 4 nitrogen and oxygen atoms in total. The highest BCUT2D eigenvalue weighted by molar-refractivity contribution is 9.10. The maximum absolute atomic E-state index is 12.7. The summed E-state index contributed by atoms with van der Waals surface area (Å²) in [6.45, 7) is 6.15. The number of ether oxygens (including phenoxy) is 1. The summed E-state index contributed by atoms with van der Waals surface area (Å²) in [4.78, 5) is 14.4. The van der Waals surface area contributed by atoms with E-state index in [1.54, 1.807) is 4.90 Å². The van der Waals surface area contributed by atoms with Crippen molar-refractivity contribution in [1.82, 2.24) is 0 Å². The Kier molecular flexibility index (Phi) is 4.54. The third-order valence-corrected chi connectivity index (χ3v) is 4.51. The van der Waals surface area contributed by atoms with E-state index in [1.807, 2.05) is 63.2 Å².